The molecule has 3 rings (SSSR count). The van der Waals surface area contributed by atoms with E-state index in [9.17, 15) is 20.4 Å². The van der Waals surface area contributed by atoms with E-state index < -0.39 is 31.0 Å². The van der Waals surface area contributed by atoms with Gasteiger partial charge in [-0.25, -0.2) is 0 Å². The number of benzene rings is 2. The first kappa shape index (κ1) is 20.9. The van der Waals surface area contributed by atoms with Crippen LogP contribution in [0.15, 0.2) is 30.3 Å². The second kappa shape index (κ2) is 8.71. The summed E-state index contributed by atoms with van der Waals surface area (Å²) in [5.41, 5.74) is 9.04. The van der Waals surface area contributed by atoms with E-state index in [2.05, 4.69) is 17.4 Å². The average molecular weight is 407 g/mol. The molecule has 0 aliphatic carbocycles. The summed E-state index contributed by atoms with van der Waals surface area (Å²) in [6, 6.07) is 10.1. The van der Waals surface area contributed by atoms with E-state index in [4.69, 9.17) is 10.8 Å². The highest BCUT2D eigenvalue weighted by atomic mass is 32.1. The van der Waals surface area contributed by atoms with Crippen molar-refractivity contribution in [2.75, 3.05) is 18.9 Å². The molecule has 0 spiro atoms. The maximum Gasteiger partial charge on any atom is 0.111 e. The third-order valence-electron chi connectivity index (χ3n) is 4.97. The maximum atomic E-state index is 10.1. The predicted molar refractivity (Wildman–Crippen MR) is 111 cm³/mol. The van der Waals surface area contributed by atoms with Crippen molar-refractivity contribution in [1.82, 2.24) is 5.32 Å². The van der Waals surface area contributed by atoms with Gasteiger partial charge in [-0.15, -0.1) is 11.3 Å². The number of anilines is 1. The van der Waals surface area contributed by atoms with Gasteiger partial charge in [-0.1, -0.05) is 24.3 Å². The highest BCUT2D eigenvalue weighted by molar-refractivity contribution is 7.26. The lowest BCUT2D eigenvalue weighted by Gasteiger charge is -2.25. The molecule has 0 aliphatic heterocycles. The lowest BCUT2D eigenvalue weighted by molar-refractivity contribution is -0.114. The third kappa shape index (κ3) is 3.99. The fourth-order valence-electron chi connectivity index (χ4n) is 3.32. The van der Waals surface area contributed by atoms with Gasteiger partial charge < -0.3 is 36.6 Å². The van der Waals surface area contributed by atoms with Crippen LogP contribution in [0.1, 0.15) is 11.1 Å². The summed E-state index contributed by atoms with van der Waals surface area (Å²) in [6.07, 6.45) is -6.03. The summed E-state index contributed by atoms with van der Waals surface area (Å²) in [6.45, 7) is 1.68. The van der Waals surface area contributed by atoms with Crippen molar-refractivity contribution in [2.45, 2.75) is 37.9 Å². The van der Waals surface area contributed by atoms with E-state index in [-0.39, 0.29) is 6.54 Å². The third-order valence-corrected chi connectivity index (χ3v) is 6.18. The Balaban J connectivity index is 1.79. The summed E-state index contributed by atoms with van der Waals surface area (Å²) >= 11 is 1.64. The molecule has 1 aromatic heterocycles. The van der Waals surface area contributed by atoms with Gasteiger partial charge in [0.15, 0.2) is 0 Å². The molecule has 0 amide bonds. The van der Waals surface area contributed by atoms with Crippen molar-refractivity contribution in [1.29, 1.82) is 0 Å². The quantitative estimate of drug-likeness (QED) is 0.270. The molecule has 0 fully saturated rings. The average Bonchev–Trinajstić information content (AvgIpc) is 3.09. The Bertz CT molecular complexity index is 961. The Labute approximate surface area is 166 Å². The highest BCUT2D eigenvalue weighted by Crippen LogP contribution is 2.40. The van der Waals surface area contributed by atoms with E-state index in [1.165, 1.54) is 0 Å². The molecule has 0 saturated heterocycles. The van der Waals surface area contributed by atoms with Crippen LogP contribution in [0.4, 0.5) is 5.69 Å². The number of rotatable bonds is 8. The zero-order valence-electron chi connectivity index (χ0n) is 15.5. The minimum Gasteiger partial charge on any atom is -0.397 e. The highest BCUT2D eigenvalue weighted by Gasteiger charge is 2.29. The largest absolute Gasteiger partial charge is 0.397 e. The van der Waals surface area contributed by atoms with Gasteiger partial charge in [0.2, 0.25) is 0 Å². The van der Waals surface area contributed by atoms with Crippen LogP contribution in [-0.2, 0) is 6.54 Å². The summed E-state index contributed by atoms with van der Waals surface area (Å²) in [5.74, 6) is 0. The molecule has 28 heavy (non-hydrogen) atoms. The number of fused-ring (bicyclic) bond motifs is 3. The lowest BCUT2D eigenvalue weighted by atomic mass is 10.0. The van der Waals surface area contributed by atoms with Crippen molar-refractivity contribution in [3.63, 3.8) is 0 Å². The fourth-order valence-corrected chi connectivity index (χ4v) is 4.58. The van der Waals surface area contributed by atoms with Crippen LogP contribution in [0.2, 0.25) is 0 Å². The second-order valence-electron chi connectivity index (χ2n) is 7.00. The van der Waals surface area contributed by atoms with Gasteiger partial charge in [-0.05, 0) is 24.1 Å². The van der Waals surface area contributed by atoms with Crippen LogP contribution in [-0.4, -0.2) is 63.1 Å². The van der Waals surface area contributed by atoms with E-state index in [0.717, 1.165) is 37.0 Å². The first-order valence-electron chi connectivity index (χ1n) is 9.08. The SMILES string of the molecule is Cc1cc(CNCC(O)C(O)C(O)C(O)CO)c2c(sc3ccccc32)c1N. The molecule has 0 radical (unpaired) electrons. The number of aryl methyl sites for hydroxylation is 1. The summed E-state index contributed by atoms with van der Waals surface area (Å²) < 4.78 is 2.17. The topological polar surface area (TPSA) is 139 Å². The van der Waals surface area contributed by atoms with Gasteiger partial charge >= 0.3 is 0 Å². The maximum absolute atomic E-state index is 10.1. The molecular weight excluding hydrogens is 380 g/mol. The molecule has 1 heterocycles. The number of thiophene rings is 1. The Kier molecular flexibility index (Phi) is 6.51. The van der Waals surface area contributed by atoms with Crippen molar-refractivity contribution in [3.8, 4) is 0 Å². The Morgan fingerprint density at radius 1 is 1.07 bits per heavy atom. The van der Waals surface area contributed by atoms with Crippen LogP contribution in [0.25, 0.3) is 20.2 Å². The number of aliphatic hydroxyl groups excluding tert-OH is 5. The van der Waals surface area contributed by atoms with Crippen LogP contribution >= 0.6 is 11.3 Å². The van der Waals surface area contributed by atoms with Crippen LogP contribution in [0.3, 0.4) is 0 Å². The van der Waals surface area contributed by atoms with Gasteiger partial charge in [0, 0.05) is 28.6 Å². The molecule has 3 aromatic rings. The minimum absolute atomic E-state index is 0.00334. The van der Waals surface area contributed by atoms with Gasteiger partial charge in [0.25, 0.3) is 0 Å². The molecule has 152 valence electrons. The van der Waals surface area contributed by atoms with Crippen molar-refractivity contribution in [3.05, 3.63) is 41.5 Å². The lowest BCUT2D eigenvalue weighted by Crippen LogP contribution is -2.48. The molecule has 2 aromatic carbocycles. The zero-order chi connectivity index (χ0) is 20.4. The van der Waals surface area contributed by atoms with Gasteiger partial charge in [-0.2, -0.15) is 0 Å². The first-order chi connectivity index (χ1) is 13.3. The molecule has 0 saturated carbocycles. The smallest absolute Gasteiger partial charge is 0.111 e. The van der Waals surface area contributed by atoms with E-state index in [1.807, 2.05) is 25.1 Å². The van der Waals surface area contributed by atoms with Crippen LogP contribution < -0.4 is 11.1 Å². The number of nitrogen functional groups attached to an aromatic ring is 1. The number of nitrogens with two attached hydrogens (primary N) is 1. The van der Waals surface area contributed by atoms with Crippen LogP contribution in [0, 0.1) is 6.92 Å². The van der Waals surface area contributed by atoms with E-state index >= 15 is 0 Å². The minimum atomic E-state index is -1.63. The molecular formula is C20H26N2O5S. The molecule has 8 N–H and O–H groups in total. The van der Waals surface area contributed by atoms with Gasteiger partial charge in [-0.3, -0.25) is 0 Å². The molecule has 0 aliphatic rings. The number of hydrogen-bond acceptors (Lipinski definition) is 8. The van der Waals surface area contributed by atoms with Crippen molar-refractivity contribution >= 4 is 37.2 Å². The monoisotopic (exact) mass is 406 g/mol. The fraction of sp³-hybridized carbons (Fsp3) is 0.400. The Morgan fingerprint density at radius 3 is 2.46 bits per heavy atom. The second-order valence-corrected chi connectivity index (χ2v) is 8.05. The van der Waals surface area contributed by atoms with E-state index in [1.54, 1.807) is 11.3 Å². The number of hydrogen-bond donors (Lipinski definition) is 7. The molecule has 7 nitrogen and oxygen atoms in total. The van der Waals surface area contributed by atoms with Crippen molar-refractivity contribution < 1.29 is 25.5 Å². The normalized spacial score (nSPS) is 16.4. The van der Waals surface area contributed by atoms with Crippen molar-refractivity contribution in [2.24, 2.45) is 0 Å². The molecule has 4 atom stereocenters. The summed E-state index contributed by atoms with van der Waals surface area (Å²) in [4.78, 5) is 0. The number of aliphatic hydroxyl groups is 5. The Hall–Kier alpha value is -1.78. The zero-order valence-corrected chi connectivity index (χ0v) is 16.4. The van der Waals surface area contributed by atoms with Crippen LogP contribution in [0.5, 0.6) is 0 Å². The molecule has 0 bridgehead atoms. The first-order valence-corrected chi connectivity index (χ1v) is 9.89. The Morgan fingerprint density at radius 2 is 1.75 bits per heavy atom. The predicted octanol–water partition coefficient (Wildman–Crippen LogP) is 0.471. The van der Waals surface area contributed by atoms with Gasteiger partial charge in [0.05, 0.1) is 23.1 Å². The summed E-state index contributed by atoms with van der Waals surface area (Å²) in [5, 5.41) is 53.2. The number of nitrogens with one attached hydrogen (secondary N) is 1. The summed E-state index contributed by atoms with van der Waals surface area (Å²) in [7, 11) is 0. The van der Waals surface area contributed by atoms with Gasteiger partial charge in [0.1, 0.15) is 18.3 Å². The molecule has 8 heteroatoms. The van der Waals surface area contributed by atoms with E-state index in [0.29, 0.717) is 6.54 Å². The molecule has 4 unspecified atom stereocenters. The standard InChI is InChI=1S/C20H26N2O5S/c1-10-6-11(7-22-8-13(24)18(26)19(27)14(25)9-23)16-12-4-2-3-5-15(12)28-20(16)17(10)21/h2-6,13-14,18-19,22-27H,7-9,21H2,1H3.